The maximum atomic E-state index is 4.28. The van der Waals surface area contributed by atoms with Gasteiger partial charge < -0.3 is 0 Å². The molecule has 22 heavy (non-hydrogen) atoms. The molecule has 0 radical (unpaired) electrons. The molecule has 0 N–H and O–H groups in total. The molecule has 2 nitrogen and oxygen atoms in total. The summed E-state index contributed by atoms with van der Waals surface area (Å²) in [5.74, 6) is 0. The second-order valence-corrected chi connectivity index (χ2v) is 5.16. The lowest BCUT2D eigenvalue weighted by atomic mass is 10.1. The first-order valence-corrected chi connectivity index (χ1v) is 7.44. The van der Waals surface area contributed by atoms with Crippen LogP contribution in [0.3, 0.4) is 0 Å². The maximum Gasteiger partial charge on any atom is 0.0633 e. The van der Waals surface area contributed by atoms with Gasteiger partial charge in [-0.3, -0.25) is 9.98 Å². The van der Waals surface area contributed by atoms with E-state index in [4.69, 9.17) is 0 Å². The molecule has 2 heterocycles. The van der Waals surface area contributed by atoms with Crippen molar-refractivity contribution >= 4 is 24.4 Å². The van der Waals surface area contributed by atoms with Crippen LogP contribution in [0, 0.1) is 0 Å². The number of benzene rings is 1. The van der Waals surface area contributed by atoms with Crippen molar-refractivity contribution in [1.82, 2.24) is 4.98 Å². The zero-order valence-corrected chi connectivity index (χ0v) is 12.4. The van der Waals surface area contributed by atoms with E-state index in [0.717, 1.165) is 18.5 Å². The minimum absolute atomic E-state index is 0.794. The van der Waals surface area contributed by atoms with Crippen LogP contribution in [0.2, 0.25) is 0 Å². The van der Waals surface area contributed by atoms with E-state index in [1.807, 2.05) is 24.5 Å². The number of aliphatic imine (C=N–C) groups is 1. The summed E-state index contributed by atoms with van der Waals surface area (Å²) in [7, 11) is 0. The molecule has 0 fully saturated rings. The Bertz CT molecular complexity index is 720. The van der Waals surface area contributed by atoms with Crippen molar-refractivity contribution < 1.29 is 0 Å². The minimum Gasteiger partial charge on any atom is -0.292 e. The fourth-order valence-electron chi connectivity index (χ4n) is 2.22. The molecule has 0 bridgehead atoms. The topological polar surface area (TPSA) is 25.2 Å². The predicted molar refractivity (Wildman–Crippen MR) is 94.7 cm³/mol. The van der Waals surface area contributed by atoms with Crippen LogP contribution in [0.25, 0.3) is 18.2 Å². The second-order valence-electron chi connectivity index (χ2n) is 5.16. The SMILES string of the molecule is C1=NCC(/C=C/c2ccc(/C=C/c3cccnc3)cc2)=CC1. The van der Waals surface area contributed by atoms with Gasteiger partial charge in [0.15, 0.2) is 0 Å². The predicted octanol–water partition coefficient (Wildman–Crippen LogP) is 4.67. The van der Waals surface area contributed by atoms with Crippen molar-refractivity contribution in [2.75, 3.05) is 6.54 Å². The quantitative estimate of drug-likeness (QED) is 0.802. The molecular weight excluding hydrogens is 268 g/mol. The van der Waals surface area contributed by atoms with Crippen LogP contribution in [-0.2, 0) is 0 Å². The van der Waals surface area contributed by atoms with Crippen LogP contribution in [-0.4, -0.2) is 17.7 Å². The number of nitrogens with zero attached hydrogens (tertiary/aromatic N) is 2. The third-order valence-corrected chi connectivity index (χ3v) is 3.47. The number of dihydropyridines is 1. The lowest BCUT2D eigenvalue weighted by molar-refractivity contribution is 1.13. The van der Waals surface area contributed by atoms with E-state index < -0.39 is 0 Å². The highest BCUT2D eigenvalue weighted by molar-refractivity contribution is 5.70. The molecule has 108 valence electrons. The van der Waals surface area contributed by atoms with Crippen LogP contribution < -0.4 is 0 Å². The molecule has 1 aromatic heterocycles. The summed E-state index contributed by atoms with van der Waals surface area (Å²) in [6.07, 6.45) is 17.2. The number of aromatic nitrogens is 1. The molecule has 2 heteroatoms. The van der Waals surface area contributed by atoms with E-state index in [9.17, 15) is 0 Å². The summed E-state index contributed by atoms with van der Waals surface area (Å²) >= 11 is 0. The highest BCUT2D eigenvalue weighted by Gasteiger charge is 1.95. The molecule has 0 saturated carbocycles. The van der Waals surface area contributed by atoms with Gasteiger partial charge in [0.2, 0.25) is 0 Å². The first-order chi connectivity index (χ1) is 10.9. The third kappa shape index (κ3) is 4.13. The smallest absolute Gasteiger partial charge is 0.0633 e. The first-order valence-electron chi connectivity index (χ1n) is 7.44. The third-order valence-electron chi connectivity index (χ3n) is 3.47. The molecule has 0 spiro atoms. The Morgan fingerprint density at radius 1 is 0.818 bits per heavy atom. The zero-order valence-electron chi connectivity index (χ0n) is 12.4. The van der Waals surface area contributed by atoms with Crippen LogP contribution in [0.1, 0.15) is 23.1 Å². The fraction of sp³-hybridized carbons (Fsp3) is 0.100. The average Bonchev–Trinajstić information content (AvgIpc) is 2.61. The first kappa shape index (κ1) is 14.2. The van der Waals surface area contributed by atoms with E-state index in [1.165, 1.54) is 16.7 Å². The van der Waals surface area contributed by atoms with Crippen LogP contribution in [0.5, 0.6) is 0 Å². The van der Waals surface area contributed by atoms with Gasteiger partial charge in [-0.2, -0.15) is 0 Å². The highest BCUT2D eigenvalue weighted by Crippen LogP contribution is 2.12. The van der Waals surface area contributed by atoms with E-state index in [1.54, 1.807) is 6.20 Å². The summed E-state index contributed by atoms with van der Waals surface area (Å²) in [6, 6.07) is 12.5. The molecule has 0 amide bonds. The Hall–Kier alpha value is -2.74. The number of pyridine rings is 1. The number of hydrogen-bond donors (Lipinski definition) is 0. The number of hydrogen-bond acceptors (Lipinski definition) is 2. The standard InChI is InChI=1S/C20H18N2/c1-3-19(15-21-13-1)11-9-17-5-7-18(8-6-17)10-12-20-4-2-14-22-16-20/h1,3-15H,2,16H2/b11-9+,12-10+. The lowest BCUT2D eigenvalue weighted by Gasteiger charge is -2.02. The normalized spacial score (nSPS) is 14.6. The Morgan fingerprint density at radius 2 is 1.55 bits per heavy atom. The molecular formula is C20H18N2. The van der Waals surface area contributed by atoms with E-state index in [0.29, 0.717) is 0 Å². The number of allylic oxidation sites excluding steroid dienone is 1. The van der Waals surface area contributed by atoms with Gasteiger partial charge in [-0.15, -0.1) is 0 Å². The van der Waals surface area contributed by atoms with Crippen molar-refractivity contribution in [3.63, 3.8) is 0 Å². The van der Waals surface area contributed by atoms with Gasteiger partial charge in [-0.1, -0.05) is 60.7 Å². The van der Waals surface area contributed by atoms with Crippen LogP contribution in [0.15, 0.2) is 71.5 Å². The van der Waals surface area contributed by atoms with Crippen molar-refractivity contribution in [3.8, 4) is 0 Å². The molecule has 0 saturated heterocycles. The van der Waals surface area contributed by atoms with Crippen molar-refractivity contribution in [2.24, 2.45) is 4.99 Å². The molecule has 2 aromatic rings. The van der Waals surface area contributed by atoms with E-state index in [2.05, 4.69) is 64.6 Å². The number of rotatable bonds is 4. The Labute approximate surface area is 131 Å². The molecule has 0 atom stereocenters. The minimum atomic E-state index is 0.794. The molecule has 0 aliphatic carbocycles. The second kappa shape index (κ2) is 7.32. The largest absolute Gasteiger partial charge is 0.292 e. The van der Waals surface area contributed by atoms with Gasteiger partial charge >= 0.3 is 0 Å². The molecule has 1 aliphatic rings. The monoisotopic (exact) mass is 286 g/mol. The van der Waals surface area contributed by atoms with Crippen molar-refractivity contribution in [3.05, 3.63) is 83.2 Å². The Morgan fingerprint density at radius 3 is 2.18 bits per heavy atom. The van der Waals surface area contributed by atoms with E-state index in [-0.39, 0.29) is 0 Å². The summed E-state index contributed by atoms with van der Waals surface area (Å²) < 4.78 is 0. The van der Waals surface area contributed by atoms with Crippen molar-refractivity contribution in [1.29, 1.82) is 0 Å². The molecule has 1 aromatic carbocycles. The Balaban J connectivity index is 1.64. The van der Waals surface area contributed by atoms with Gasteiger partial charge in [0.05, 0.1) is 6.54 Å². The summed E-state index contributed by atoms with van der Waals surface area (Å²) in [6.45, 7) is 0.794. The van der Waals surface area contributed by atoms with Gasteiger partial charge in [-0.05, 0) is 28.3 Å². The summed E-state index contributed by atoms with van der Waals surface area (Å²) in [4.78, 5) is 8.38. The maximum absolute atomic E-state index is 4.28. The van der Waals surface area contributed by atoms with Gasteiger partial charge in [0.25, 0.3) is 0 Å². The lowest BCUT2D eigenvalue weighted by Crippen LogP contribution is -1.91. The van der Waals surface area contributed by atoms with Crippen LogP contribution >= 0.6 is 0 Å². The zero-order chi connectivity index (χ0) is 15.0. The molecule has 1 aliphatic heterocycles. The van der Waals surface area contributed by atoms with Crippen LogP contribution in [0.4, 0.5) is 0 Å². The van der Waals surface area contributed by atoms with Gasteiger partial charge in [0, 0.05) is 25.0 Å². The van der Waals surface area contributed by atoms with Gasteiger partial charge in [0.1, 0.15) is 0 Å². The van der Waals surface area contributed by atoms with E-state index >= 15 is 0 Å². The fourth-order valence-corrected chi connectivity index (χ4v) is 2.22. The summed E-state index contributed by atoms with van der Waals surface area (Å²) in [5.41, 5.74) is 4.77. The van der Waals surface area contributed by atoms with Gasteiger partial charge in [-0.25, -0.2) is 0 Å². The van der Waals surface area contributed by atoms with Crippen molar-refractivity contribution in [2.45, 2.75) is 6.42 Å². The average molecular weight is 286 g/mol. The highest BCUT2D eigenvalue weighted by atomic mass is 14.7. The molecule has 0 unspecified atom stereocenters. The summed E-state index contributed by atoms with van der Waals surface area (Å²) in [5, 5.41) is 0. The molecule has 3 rings (SSSR count). The Kier molecular flexibility index (Phi) is 4.73.